The van der Waals surface area contributed by atoms with Gasteiger partial charge in [-0.05, 0) is 12.1 Å². The van der Waals surface area contributed by atoms with Gasteiger partial charge in [-0.3, -0.25) is 0 Å². The number of likely N-dealkylation sites (tertiary alicyclic amines) is 1. The number of ether oxygens (including phenoxy) is 1. The molecule has 1 saturated heterocycles. The Kier molecular flexibility index (Phi) is 5.35. The number of hydrogen-bond donors (Lipinski definition) is 2. The molecule has 0 unspecified atom stereocenters. The summed E-state index contributed by atoms with van der Waals surface area (Å²) < 4.78 is 43.4. The van der Waals surface area contributed by atoms with Crippen molar-refractivity contribution in [2.75, 3.05) is 26.2 Å². The molecule has 1 aromatic carbocycles. The summed E-state index contributed by atoms with van der Waals surface area (Å²) >= 11 is 0. The second kappa shape index (κ2) is 7.08. The standard InChI is InChI=1S/C15H19F3N2O3/c16-15(17,18)14(22)6-9-20(10-7-14)13(21)19-8-11-23-12-4-2-1-3-5-12/h1-5,22H,6-11H2,(H,19,21). The zero-order chi connectivity index (χ0) is 16.9. The number of carbonyl (C=O) groups is 1. The highest BCUT2D eigenvalue weighted by Gasteiger charge is 2.54. The summed E-state index contributed by atoms with van der Waals surface area (Å²) in [7, 11) is 0. The highest BCUT2D eigenvalue weighted by Crippen LogP contribution is 2.38. The average molecular weight is 332 g/mol. The first-order valence-corrected chi connectivity index (χ1v) is 7.31. The van der Waals surface area contributed by atoms with E-state index in [1.165, 1.54) is 4.90 Å². The molecular formula is C15H19F3N2O3. The van der Waals surface area contributed by atoms with Crippen molar-refractivity contribution in [3.8, 4) is 5.75 Å². The highest BCUT2D eigenvalue weighted by molar-refractivity contribution is 5.74. The molecular weight excluding hydrogens is 313 g/mol. The van der Waals surface area contributed by atoms with Crippen molar-refractivity contribution in [3.63, 3.8) is 0 Å². The number of nitrogens with one attached hydrogen (secondary N) is 1. The van der Waals surface area contributed by atoms with Crippen molar-refractivity contribution in [2.24, 2.45) is 0 Å². The number of benzene rings is 1. The number of piperidine rings is 1. The maximum absolute atomic E-state index is 12.7. The Morgan fingerprint density at radius 2 is 1.87 bits per heavy atom. The van der Waals surface area contributed by atoms with Gasteiger partial charge in [0.15, 0.2) is 5.60 Å². The molecule has 0 spiro atoms. The van der Waals surface area contributed by atoms with Crippen LogP contribution < -0.4 is 10.1 Å². The third kappa shape index (κ3) is 4.51. The molecule has 1 aromatic rings. The van der Waals surface area contributed by atoms with Crippen molar-refractivity contribution < 1.29 is 27.8 Å². The van der Waals surface area contributed by atoms with E-state index < -0.39 is 30.7 Å². The van der Waals surface area contributed by atoms with Gasteiger partial charge in [0.05, 0.1) is 6.54 Å². The lowest BCUT2D eigenvalue weighted by Gasteiger charge is -2.38. The fourth-order valence-electron chi connectivity index (χ4n) is 2.32. The van der Waals surface area contributed by atoms with E-state index in [-0.39, 0.29) is 26.2 Å². The number of hydrogen-bond acceptors (Lipinski definition) is 3. The number of alkyl halides is 3. The molecule has 1 aliphatic heterocycles. The number of rotatable bonds is 4. The molecule has 2 rings (SSSR count). The van der Waals surface area contributed by atoms with E-state index in [2.05, 4.69) is 5.32 Å². The summed E-state index contributed by atoms with van der Waals surface area (Å²) in [5.74, 6) is 0.676. The lowest BCUT2D eigenvalue weighted by molar-refractivity contribution is -0.271. The topological polar surface area (TPSA) is 61.8 Å². The Morgan fingerprint density at radius 1 is 1.26 bits per heavy atom. The summed E-state index contributed by atoms with van der Waals surface area (Å²) in [4.78, 5) is 13.1. The van der Waals surface area contributed by atoms with E-state index in [1.54, 1.807) is 12.1 Å². The van der Waals surface area contributed by atoms with Crippen molar-refractivity contribution in [1.82, 2.24) is 10.2 Å². The van der Waals surface area contributed by atoms with Gasteiger partial charge < -0.3 is 20.1 Å². The molecule has 0 bridgehead atoms. The lowest BCUT2D eigenvalue weighted by Crippen LogP contribution is -2.56. The van der Waals surface area contributed by atoms with Gasteiger partial charge in [-0.2, -0.15) is 13.2 Å². The fourth-order valence-corrected chi connectivity index (χ4v) is 2.32. The number of carbonyl (C=O) groups excluding carboxylic acids is 1. The largest absolute Gasteiger partial charge is 0.492 e. The molecule has 2 amide bonds. The smallest absolute Gasteiger partial charge is 0.417 e. The first-order chi connectivity index (χ1) is 10.8. The molecule has 23 heavy (non-hydrogen) atoms. The fraction of sp³-hybridized carbons (Fsp3) is 0.533. The second-order valence-electron chi connectivity index (χ2n) is 5.41. The van der Waals surface area contributed by atoms with Crippen LogP contribution in [-0.4, -0.2) is 54.1 Å². The molecule has 0 radical (unpaired) electrons. The van der Waals surface area contributed by atoms with Crippen molar-refractivity contribution >= 4 is 6.03 Å². The first kappa shape index (κ1) is 17.4. The van der Waals surface area contributed by atoms with E-state index in [0.29, 0.717) is 5.75 Å². The minimum atomic E-state index is -4.67. The summed E-state index contributed by atoms with van der Waals surface area (Å²) in [6.45, 7) is 0.229. The van der Waals surface area contributed by atoms with Crippen LogP contribution in [0.3, 0.4) is 0 Å². The second-order valence-corrected chi connectivity index (χ2v) is 5.41. The first-order valence-electron chi connectivity index (χ1n) is 7.31. The monoisotopic (exact) mass is 332 g/mol. The van der Waals surface area contributed by atoms with Gasteiger partial charge in [0, 0.05) is 25.9 Å². The zero-order valence-electron chi connectivity index (χ0n) is 12.5. The van der Waals surface area contributed by atoms with Crippen molar-refractivity contribution in [3.05, 3.63) is 30.3 Å². The molecule has 1 fully saturated rings. The normalized spacial score (nSPS) is 17.7. The number of para-hydroxylation sites is 1. The van der Waals surface area contributed by atoms with E-state index >= 15 is 0 Å². The van der Waals surface area contributed by atoms with Gasteiger partial charge in [0.2, 0.25) is 0 Å². The molecule has 128 valence electrons. The summed E-state index contributed by atoms with van der Waals surface area (Å²) in [5.41, 5.74) is -2.69. The SMILES string of the molecule is O=C(NCCOc1ccccc1)N1CCC(O)(C(F)(F)F)CC1. The van der Waals surface area contributed by atoms with Crippen LogP contribution in [0.5, 0.6) is 5.75 Å². The van der Waals surface area contributed by atoms with Gasteiger partial charge >= 0.3 is 12.2 Å². The molecule has 1 aliphatic rings. The third-order valence-corrected chi connectivity index (χ3v) is 3.80. The summed E-state index contributed by atoms with van der Waals surface area (Å²) in [6, 6.07) is 8.61. The molecule has 0 aliphatic carbocycles. The Labute approximate surface area is 132 Å². The number of amides is 2. The summed E-state index contributed by atoms with van der Waals surface area (Å²) in [5, 5.41) is 12.1. The molecule has 0 aromatic heterocycles. The number of halogens is 3. The van der Waals surface area contributed by atoms with Gasteiger partial charge in [0.1, 0.15) is 12.4 Å². The molecule has 1 heterocycles. The Bertz CT molecular complexity index is 514. The van der Waals surface area contributed by atoms with Gasteiger partial charge in [-0.25, -0.2) is 4.79 Å². The molecule has 0 atom stereocenters. The van der Waals surface area contributed by atoms with Crippen molar-refractivity contribution in [1.29, 1.82) is 0 Å². The van der Waals surface area contributed by atoms with E-state index in [0.717, 1.165) is 0 Å². The minimum absolute atomic E-state index is 0.138. The van der Waals surface area contributed by atoms with Crippen LogP contribution in [0.2, 0.25) is 0 Å². The van der Waals surface area contributed by atoms with Crippen LogP contribution in [0.15, 0.2) is 30.3 Å². The molecule has 5 nitrogen and oxygen atoms in total. The number of aliphatic hydroxyl groups is 1. The van der Waals surface area contributed by atoms with Gasteiger partial charge in [-0.15, -0.1) is 0 Å². The predicted molar refractivity (Wildman–Crippen MR) is 77.1 cm³/mol. The maximum atomic E-state index is 12.7. The summed E-state index contributed by atoms with van der Waals surface area (Å²) in [6.07, 6.45) is -5.69. The highest BCUT2D eigenvalue weighted by atomic mass is 19.4. The Morgan fingerprint density at radius 3 is 2.43 bits per heavy atom. The van der Waals surface area contributed by atoms with Crippen LogP contribution in [0, 0.1) is 0 Å². The van der Waals surface area contributed by atoms with Gasteiger partial charge in [0.25, 0.3) is 0 Å². The molecule has 0 saturated carbocycles. The molecule has 2 N–H and O–H groups in total. The Balaban J connectivity index is 1.69. The van der Waals surface area contributed by atoms with Crippen LogP contribution >= 0.6 is 0 Å². The quantitative estimate of drug-likeness (QED) is 0.831. The molecule has 8 heteroatoms. The minimum Gasteiger partial charge on any atom is -0.492 e. The zero-order valence-corrected chi connectivity index (χ0v) is 12.5. The van der Waals surface area contributed by atoms with E-state index in [4.69, 9.17) is 4.74 Å². The van der Waals surface area contributed by atoms with E-state index in [9.17, 15) is 23.1 Å². The van der Waals surface area contributed by atoms with Crippen LogP contribution in [0.1, 0.15) is 12.8 Å². The van der Waals surface area contributed by atoms with Crippen molar-refractivity contribution in [2.45, 2.75) is 24.6 Å². The number of nitrogens with zero attached hydrogens (tertiary/aromatic N) is 1. The maximum Gasteiger partial charge on any atom is 0.417 e. The third-order valence-electron chi connectivity index (χ3n) is 3.80. The predicted octanol–water partition coefficient (Wildman–Crippen LogP) is 2.16. The lowest BCUT2D eigenvalue weighted by atomic mass is 9.91. The average Bonchev–Trinajstić information content (AvgIpc) is 2.52. The number of urea groups is 1. The van der Waals surface area contributed by atoms with Crippen LogP contribution in [-0.2, 0) is 0 Å². The van der Waals surface area contributed by atoms with Crippen LogP contribution in [0.25, 0.3) is 0 Å². The van der Waals surface area contributed by atoms with Crippen LogP contribution in [0.4, 0.5) is 18.0 Å². The van der Waals surface area contributed by atoms with Gasteiger partial charge in [-0.1, -0.05) is 18.2 Å². The Hall–Kier alpha value is -1.96. The van der Waals surface area contributed by atoms with E-state index in [1.807, 2.05) is 18.2 Å².